The highest BCUT2D eigenvalue weighted by Gasteiger charge is 2.18. The first-order valence-corrected chi connectivity index (χ1v) is 10.8. The first-order chi connectivity index (χ1) is 14.1. The monoisotopic (exact) mass is 471 g/mol. The predicted molar refractivity (Wildman–Crippen MR) is 117 cm³/mol. The van der Waals surface area contributed by atoms with Gasteiger partial charge in [-0.15, -0.1) is 10.2 Å². The van der Waals surface area contributed by atoms with Gasteiger partial charge in [-0.3, -0.25) is 9.36 Å². The van der Waals surface area contributed by atoms with Crippen LogP contribution in [0.2, 0.25) is 0 Å². The smallest absolute Gasteiger partial charge is 0.200 e. The first-order valence-electron chi connectivity index (χ1n) is 9.01. The molecule has 0 saturated heterocycles. The van der Waals surface area contributed by atoms with Crippen LogP contribution >= 0.6 is 27.7 Å². The summed E-state index contributed by atoms with van der Waals surface area (Å²) in [4.78, 5) is 12.5. The third-order valence-corrected chi connectivity index (χ3v) is 5.94. The Morgan fingerprint density at radius 2 is 1.97 bits per heavy atom. The Bertz CT molecular complexity index is 1170. The maximum atomic E-state index is 12.5. The molecule has 2 heterocycles. The van der Waals surface area contributed by atoms with Crippen LogP contribution in [-0.2, 0) is 6.54 Å². The fourth-order valence-corrected chi connectivity index (χ4v) is 4.25. The second-order valence-electron chi connectivity index (χ2n) is 6.28. The lowest BCUT2D eigenvalue weighted by atomic mass is 10.1. The second kappa shape index (κ2) is 8.42. The fraction of sp³-hybridized carbons (Fsp3) is 0.190. The lowest BCUT2D eigenvalue weighted by Gasteiger charge is -2.06. The number of carbonyl (C=O) groups is 1. The molecule has 0 aliphatic heterocycles. The molecule has 148 valence electrons. The van der Waals surface area contributed by atoms with Crippen LogP contribution in [0.3, 0.4) is 0 Å². The summed E-state index contributed by atoms with van der Waals surface area (Å²) in [7, 11) is 1.60. The molecule has 0 aliphatic rings. The van der Waals surface area contributed by atoms with Crippen molar-refractivity contribution in [3.63, 3.8) is 0 Å². The van der Waals surface area contributed by atoms with Gasteiger partial charge < -0.3 is 9.15 Å². The van der Waals surface area contributed by atoms with Crippen molar-refractivity contribution in [2.45, 2.75) is 18.6 Å². The lowest BCUT2D eigenvalue weighted by molar-refractivity contribution is 0.102. The third-order valence-electron chi connectivity index (χ3n) is 4.48. The number of thioether (sulfide) groups is 1. The predicted octanol–water partition coefficient (Wildman–Crippen LogP) is 5.46. The van der Waals surface area contributed by atoms with Crippen LogP contribution in [0.1, 0.15) is 17.3 Å². The largest absolute Gasteiger partial charge is 0.497 e. The van der Waals surface area contributed by atoms with Crippen LogP contribution < -0.4 is 4.74 Å². The van der Waals surface area contributed by atoms with E-state index in [0.717, 1.165) is 21.2 Å². The van der Waals surface area contributed by atoms with Crippen LogP contribution in [-0.4, -0.2) is 33.4 Å². The van der Waals surface area contributed by atoms with Crippen molar-refractivity contribution in [2.24, 2.45) is 0 Å². The molecule has 0 saturated carbocycles. The number of benzene rings is 2. The molecule has 2 aromatic heterocycles. The summed E-state index contributed by atoms with van der Waals surface area (Å²) < 4.78 is 14.0. The van der Waals surface area contributed by atoms with Crippen LogP contribution in [0.4, 0.5) is 0 Å². The van der Waals surface area contributed by atoms with Gasteiger partial charge in [0.1, 0.15) is 11.3 Å². The van der Waals surface area contributed by atoms with Gasteiger partial charge in [-0.2, -0.15) is 0 Å². The summed E-state index contributed by atoms with van der Waals surface area (Å²) in [5.41, 5.74) is 1.43. The number of carbonyl (C=O) groups excluding carboxylic acids is 1. The SMILES string of the molecule is CCn1c(SCC(=O)c2ccc(OC)cc2)nnc1-c1cc2cc(Br)ccc2o1. The van der Waals surface area contributed by atoms with Gasteiger partial charge in [0, 0.05) is 22.0 Å². The zero-order valence-corrected chi connectivity index (χ0v) is 18.3. The number of ether oxygens (including phenoxy) is 1. The molecule has 0 fully saturated rings. The molecule has 0 amide bonds. The van der Waals surface area contributed by atoms with Crippen molar-refractivity contribution < 1.29 is 13.9 Å². The van der Waals surface area contributed by atoms with E-state index >= 15 is 0 Å². The fourth-order valence-electron chi connectivity index (χ4n) is 2.98. The summed E-state index contributed by atoms with van der Waals surface area (Å²) in [6.07, 6.45) is 0. The highest BCUT2D eigenvalue weighted by molar-refractivity contribution is 9.10. The normalized spacial score (nSPS) is 11.1. The lowest BCUT2D eigenvalue weighted by Crippen LogP contribution is -2.05. The molecular formula is C21H18BrN3O3S. The summed E-state index contributed by atoms with van der Waals surface area (Å²) in [5.74, 6) is 2.33. The number of halogens is 1. The number of furan rings is 1. The molecule has 0 N–H and O–H groups in total. The molecule has 0 unspecified atom stereocenters. The van der Waals surface area contributed by atoms with Crippen molar-refractivity contribution in [1.82, 2.24) is 14.8 Å². The number of aromatic nitrogens is 3. The van der Waals surface area contributed by atoms with Gasteiger partial charge in [-0.25, -0.2) is 0 Å². The number of hydrogen-bond acceptors (Lipinski definition) is 6. The number of nitrogens with zero attached hydrogens (tertiary/aromatic N) is 3. The molecular weight excluding hydrogens is 454 g/mol. The van der Waals surface area contributed by atoms with Crippen molar-refractivity contribution in [3.8, 4) is 17.3 Å². The van der Waals surface area contributed by atoms with Gasteiger partial charge in [-0.1, -0.05) is 27.7 Å². The van der Waals surface area contributed by atoms with Gasteiger partial charge in [0.05, 0.1) is 12.9 Å². The minimum atomic E-state index is 0.0263. The Hall–Kier alpha value is -2.58. The number of Topliss-reactive ketones (excluding diaryl/α,β-unsaturated/α-hetero) is 1. The van der Waals surface area contributed by atoms with Gasteiger partial charge in [0.25, 0.3) is 0 Å². The maximum absolute atomic E-state index is 12.5. The van der Waals surface area contributed by atoms with E-state index in [-0.39, 0.29) is 11.5 Å². The summed E-state index contributed by atoms with van der Waals surface area (Å²) in [6.45, 7) is 2.68. The Labute approximate surface area is 180 Å². The number of hydrogen-bond donors (Lipinski definition) is 0. The van der Waals surface area contributed by atoms with E-state index in [4.69, 9.17) is 9.15 Å². The molecule has 0 spiro atoms. The minimum absolute atomic E-state index is 0.0263. The van der Waals surface area contributed by atoms with Crippen molar-refractivity contribution in [1.29, 1.82) is 0 Å². The Kier molecular flexibility index (Phi) is 5.73. The topological polar surface area (TPSA) is 70.2 Å². The average molecular weight is 472 g/mol. The molecule has 8 heteroatoms. The molecule has 2 aromatic carbocycles. The highest BCUT2D eigenvalue weighted by Crippen LogP contribution is 2.31. The summed E-state index contributed by atoms with van der Waals surface area (Å²) >= 11 is 4.84. The first kappa shape index (κ1) is 19.7. The zero-order chi connectivity index (χ0) is 20.4. The molecule has 29 heavy (non-hydrogen) atoms. The summed E-state index contributed by atoms with van der Waals surface area (Å²) in [6, 6.07) is 14.9. The molecule has 4 rings (SSSR count). The van der Waals surface area contributed by atoms with E-state index in [2.05, 4.69) is 26.1 Å². The van der Waals surface area contributed by atoms with Gasteiger partial charge >= 0.3 is 0 Å². The van der Waals surface area contributed by atoms with Crippen molar-refractivity contribution >= 4 is 44.4 Å². The third kappa shape index (κ3) is 4.09. The molecule has 0 bridgehead atoms. The number of rotatable bonds is 7. The second-order valence-corrected chi connectivity index (χ2v) is 8.14. The van der Waals surface area contributed by atoms with E-state index < -0.39 is 0 Å². The van der Waals surface area contributed by atoms with Crippen molar-refractivity contribution in [2.75, 3.05) is 12.9 Å². The average Bonchev–Trinajstić information content (AvgIpc) is 3.34. The Morgan fingerprint density at radius 1 is 1.17 bits per heavy atom. The molecule has 0 atom stereocenters. The van der Waals surface area contributed by atoms with Gasteiger partial charge in [0.2, 0.25) is 5.82 Å². The van der Waals surface area contributed by atoms with Crippen LogP contribution in [0.5, 0.6) is 5.75 Å². The standard InChI is InChI=1S/C21H18BrN3O3S/c1-3-25-20(19-11-14-10-15(22)6-9-18(14)28-19)23-24-21(25)29-12-17(26)13-4-7-16(27-2)8-5-13/h4-11H,3,12H2,1-2H3. The van der Waals surface area contributed by atoms with Gasteiger partial charge in [0.15, 0.2) is 16.7 Å². The Morgan fingerprint density at radius 3 is 2.69 bits per heavy atom. The van der Waals surface area contributed by atoms with Gasteiger partial charge in [-0.05, 0) is 55.5 Å². The van der Waals surface area contributed by atoms with Crippen LogP contribution in [0, 0.1) is 0 Å². The quantitative estimate of drug-likeness (QED) is 0.263. The minimum Gasteiger partial charge on any atom is -0.497 e. The number of ketones is 1. The van der Waals surface area contributed by atoms with E-state index in [0.29, 0.717) is 28.8 Å². The zero-order valence-electron chi connectivity index (χ0n) is 15.9. The number of methoxy groups -OCH3 is 1. The van der Waals surface area contributed by atoms with Crippen molar-refractivity contribution in [3.05, 3.63) is 58.6 Å². The van der Waals surface area contributed by atoms with Crippen LogP contribution in [0.25, 0.3) is 22.6 Å². The van der Waals surface area contributed by atoms with E-state index in [1.165, 1.54) is 11.8 Å². The molecule has 6 nitrogen and oxygen atoms in total. The molecule has 0 aliphatic carbocycles. The number of fused-ring (bicyclic) bond motifs is 1. The maximum Gasteiger partial charge on any atom is 0.200 e. The highest BCUT2D eigenvalue weighted by atomic mass is 79.9. The summed E-state index contributed by atoms with van der Waals surface area (Å²) in [5, 5.41) is 10.3. The van der Waals surface area contributed by atoms with E-state index in [1.54, 1.807) is 31.4 Å². The molecule has 4 aromatic rings. The Balaban J connectivity index is 1.54. The van der Waals surface area contributed by atoms with E-state index in [1.807, 2.05) is 35.8 Å². The van der Waals surface area contributed by atoms with E-state index in [9.17, 15) is 4.79 Å². The van der Waals surface area contributed by atoms with Crippen LogP contribution in [0.15, 0.2) is 62.6 Å². The molecule has 0 radical (unpaired) electrons.